The molecule has 0 radical (unpaired) electrons. The molecule has 1 aliphatic heterocycles. The van der Waals surface area contributed by atoms with Crippen molar-refractivity contribution in [2.45, 2.75) is 25.8 Å². The van der Waals surface area contributed by atoms with Gasteiger partial charge in [0.2, 0.25) is 5.91 Å². The van der Waals surface area contributed by atoms with Crippen LogP contribution in [0.1, 0.15) is 19.3 Å². The maximum atomic E-state index is 12.4. The Balaban J connectivity index is 1.88. The van der Waals surface area contributed by atoms with Crippen molar-refractivity contribution in [1.29, 1.82) is 0 Å². The number of carbonyl (C=O) groups is 1. The van der Waals surface area contributed by atoms with E-state index < -0.39 is 0 Å². The van der Waals surface area contributed by atoms with Gasteiger partial charge in [0.15, 0.2) is 4.77 Å². The number of amides is 1. The molecule has 1 aliphatic rings. The van der Waals surface area contributed by atoms with Gasteiger partial charge in [0, 0.05) is 16.7 Å². The molecule has 4 nitrogen and oxygen atoms in total. The number of piperidine rings is 1. The minimum atomic E-state index is 0.167. The molecule has 0 unspecified atom stereocenters. The topological polar surface area (TPSA) is 41.0 Å². The highest BCUT2D eigenvalue weighted by molar-refractivity contribution is 14.1. The average Bonchev–Trinajstić information content (AvgIpc) is 2.75. The lowest BCUT2D eigenvalue weighted by molar-refractivity contribution is -0.132. The van der Waals surface area contributed by atoms with Gasteiger partial charge in [-0.15, -0.1) is 0 Å². The van der Waals surface area contributed by atoms with Crippen LogP contribution in [-0.2, 0) is 11.3 Å². The van der Waals surface area contributed by atoms with Crippen molar-refractivity contribution in [3.63, 3.8) is 0 Å². The molecule has 2 aromatic rings. The molecule has 1 saturated heterocycles. The third-order valence-corrected chi connectivity index (χ3v) is 4.73. The number of aromatic amines is 1. The molecule has 1 aromatic carbocycles. The summed E-state index contributed by atoms with van der Waals surface area (Å²) in [5.41, 5.74) is 1.99. The van der Waals surface area contributed by atoms with Gasteiger partial charge in [-0.1, -0.05) is 0 Å². The second-order valence-electron chi connectivity index (χ2n) is 5.12. The SMILES string of the molecule is O=C(Cn1c(=S)[nH]c2cc(I)ccc21)N1CCCCC1. The second kappa shape index (κ2) is 5.85. The molecule has 1 amide bonds. The highest BCUT2D eigenvalue weighted by Gasteiger charge is 2.18. The first-order chi connectivity index (χ1) is 9.65. The lowest BCUT2D eigenvalue weighted by atomic mass is 10.1. The molecule has 6 heteroatoms. The van der Waals surface area contributed by atoms with Gasteiger partial charge < -0.3 is 14.5 Å². The van der Waals surface area contributed by atoms with Crippen LogP contribution in [0.5, 0.6) is 0 Å². The van der Waals surface area contributed by atoms with E-state index in [2.05, 4.69) is 27.6 Å². The third-order valence-electron chi connectivity index (χ3n) is 3.74. The summed E-state index contributed by atoms with van der Waals surface area (Å²) in [6.07, 6.45) is 3.46. The average molecular weight is 401 g/mol. The van der Waals surface area contributed by atoms with Crippen LogP contribution < -0.4 is 0 Å². The summed E-state index contributed by atoms with van der Waals surface area (Å²) >= 11 is 7.62. The highest BCUT2D eigenvalue weighted by atomic mass is 127. The van der Waals surface area contributed by atoms with Crippen molar-refractivity contribution in [2.24, 2.45) is 0 Å². The van der Waals surface area contributed by atoms with E-state index in [1.54, 1.807) is 0 Å². The fraction of sp³-hybridized carbons (Fsp3) is 0.429. The summed E-state index contributed by atoms with van der Waals surface area (Å²) in [7, 11) is 0. The predicted molar refractivity (Wildman–Crippen MR) is 90.3 cm³/mol. The zero-order valence-electron chi connectivity index (χ0n) is 11.1. The Kier molecular flexibility index (Phi) is 4.11. The number of nitrogens with one attached hydrogen (secondary N) is 1. The first-order valence-corrected chi connectivity index (χ1v) is 8.30. The lowest BCUT2D eigenvalue weighted by Gasteiger charge is -2.26. The van der Waals surface area contributed by atoms with E-state index in [1.165, 1.54) is 6.42 Å². The molecule has 20 heavy (non-hydrogen) atoms. The zero-order chi connectivity index (χ0) is 14.1. The van der Waals surface area contributed by atoms with Gasteiger partial charge in [0.1, 0.15) is 6.54 Å². The van der Waals surface area contributed by atoms with Crippen molar-refractivity contribution in [3.8, 4) is 0 Å². The minimum Gasteiger partial charge on any atom is -0.341 e. The number of hydrogen-bond acceptors (Lipinski definition) is 2. The largest absolute Gasteiger partial charge is 0.341 e. The first-order valence-electron chi connectivity index (χ1n) is 6.81. The number of aromatic nitrogens is 2. The fourth-order valence-electron chi connectivity index (χ4n) is 2.67. The highest BCUT2D eigenvalue weighted by Crippen LogP contribution is 2.18. The maximum Gasteiger partial charge on any atom is 0.242 e. The van der Waals surface area contributed by atoms with E-state index in [0.717, 1.165) is 40.5 Å². The van der Waals surface area contributed by atoms with Crippen LogP contribution in [0, 0.1) is 8.34 Å². The second-order valence-corrected chi connectivity index (χ2v) is 6.75. The minimum absolute atomic E-state index is 0.167. The fourth-order valence-corrected chi connectivity index (χ4v) is 3.44. The van der Waals surface area contributed by atoms with Crippen molar-refractivity contribution in [1.82, 2.24) is 14.5 Å². The number of nitrogens with zero attached hydrogens (tertiary/aromatic N) is 2. The zero-order valence-corrected chi connectivity index (χ0v) is 14.0. The number of imidazole rings is 1. The van der Waals surface area contributed by atoms with Crippen LogP contribution in [0.2, 0.25) is 0 Å². The third kappa shape index (κ3) is 2.76. The molecule has 0 bridgehead atoms. The Hall–Kier alpha value is -0.890. The standard InChI is InChI=1S/C14H16IN3OS/c15-10-4-5-12-11(8-10)16-14(20)18(12)9-13(19)17-6-2-1-3-7-17/h4-5,8H,1-3,6-7,9H2,(H,16,20). The van der Waals surface area contributed by atoms with E-state index in [4.69, 9.17) is 12.2 Å². The van der Waals surface area contributed by atoms with Gasteiger partial charge in [-0.3, -0.25) is 4.79 Å². The van der Waals surface area contributed by atoms with Crippen molar-refractivity contribution >= 4 is 51.7 Å². The summed E-state index contributed by atoms with van der Waals surface area (Å²) in [5.74, 6) is 0.167. The monoisotopic (exact) mass is 401 g/mol. The molecule has 2 heterocycles. The molecule has 1 aromatic heterocycles. The van der Waals surface area contributed by atoms with Crippen molar-refractivity contribution < 1.29 is 4.79 Å². The lowest BCUT2D eigenvalue weighted by Crippen LogP contribution is -2.37. The maximum absolute atomic E-state index is 12.4. The quantitative estimate of drug-likeness (QED) is 0.620. The van der Waals surface area contributed by atoms with E-state index in [1.807, 2.05) is 27.7 Å². The van der Waals surface area contributed by atoms with Crippen LogP contribution in [0.4, 0.5) is 0 Å². The number of H-pyrrole nitrogens is 1. The molecule has 0 aliphatic carbocycles. The number of carbonyl (C=O) groups excluding carboxylic acids is 1. The summed E-state index contributed by atoms with van der Waals surface area (Å²) < 4.78 is 3.67. The predicted octanol–water partition coefficient (Wildman–Crippen LogP) is 3.32. The Morgan fingerprint density at radius 2 is 2.05 bits per heavy atom. The summed E-state index contributed by atoms with van der Waals surface area (Å²) in [5, 5.41) is 0. The van der Waals surface area contributed by atoms with Crippen molar-refractivity contribution in [2.75, 3.05) is 13.1 Å². The van der Waals surface area contributed by atoms with E-state index >= 15 is 0 Å². The number of likely N-dealkylation sites (tertiary alicyclic amines) is 1. The number of halogens is 1. The molecular weight excluding hydrogens is 385 g/mol. The first kappa shape index (κ1) is 14.1. The van der Waals surface area contributed by atoms with Crippen molar-refractivity contribution in [3.05, 3.63) is 26.5 Å². The Morgan fingerprint density at radius 3 is 2.80 bits per heavy atom. The van der Waals surface area contributed by atoms with Crippen LogP contribution in [-0.4, -0.2) is 33.4 Å². The Bertz CT molecular complexity index is 700. The number of fused-ring (bicyclic) bond motifs is 1. The van der Waals surface area contributed by atoms with E-state index in [0.29, 0.717) is 11.3 Å². The van der Waals surface area contributed by atoms with E-state index in [-0.39, 0.29) is 5.91 Å². The van der Waals surface area contributed by atoms with Gasteiger partial charge in [-0.05, 0) is 72.3 Å². The van der Waals surface area contributed by atoms with Gasteiger partial charge >= 0.3 is 0 Å². The summed E-state index contributed by atoms with van der Waals surface area (Å²) in [6.45, 7) is 2.10. The van der Waals surface area contributed by atoms with E-state index in [9.17, 15) is 4.79 Å². The van der Waals surface area contributed by atoms with Gasteiger partial charge in [-0.25, -0.2) is 0 Å². The molecule has 0 saturated carbocycles. The molecule has 0 atom stereocenters. The molecule has 1 N–H and O–H groups in total. The summed E-state index contributed by atoms with van der Waals surface area (Å²) in [6, 6.07) is 6.10. The molecule has 0 spiro atoms. The van der Waals surface area contributed by atoms with Gasteiger partial charge in [0.25, 0.3) is 0 Å². The smallest absolute Gasteiger partial charge is 0.242 e. The van der Waals surface area contributed by atoms with Crippen LogP contribution >= 0.6 is 34.8 Å². The van der Waals surface area contributed by atoms with Crippen LogP contribution in [0.25, 0.3) is 11.0 Å². The Morgan fingerprint density at radius 1 is 1.30 bits per heavy atom. The number of benzene rings is 1. The Labute approximate surface area is 136 Å². The molecule has 3 rings (SSSR count). The number of rotatable bonds is 2. The van der Waals surface area contributed by atoms with Crippen LogP contribution in [0.15, 0.2) is 18.2 Å². The molecule has 1 fully saturated rings. The molecule has 106 valence electrons. The van der Waals surface area contributed by atoms with Crippen LogP contribution in [0.3, 0.4) is 0 Å². The van der Waals surface area contributed by atoms with Gasteiger partial charge in [-0.2, -0.15) is 0 Å². The van der Waals surface area contributed by atoms with Gasteiger partial charge in [0.05, 0.1) is 11.0 Å². The normalized spacial score (nSPS) is 15.8. The number of hydrogen-bond donors (Lipinski definition) is 1. The molecular formula is C14H16IN3OS. The summed E-state index contributed by atoms with van der Waals surface area (Å²) in [4.78, 5) is 17.5.